The summed E-state index contributed by atoms with van der Waals surface area (Å²) in [5.74, 6) is 0.0541. The van der Waals surface area contributed by atoms with Gasteiger partial charge in [0.15, 0.2) is 0 Å². The molecule has 2 atom stereocenters. The highest BCUT2D eigenvalue weighted by molar-refractivity contribution is 9.09. The van der Waals surface area contributed by atoms with Crippen LogP contribution in [0.4, 0.5) is 0 Å². The summed E-state index contributed by atoms with van der Waals surface area (Å²) in [4.78, 5) is 11.9. The third kappa shape index (κ3) is 4.06. The van der Waals surface area contributed by atoms with Gasteiger partial charge in [-0.15, -0.1) is 0 Å². The first-order valence-corrected chi connectivity index (χ1v) is 7.05. The smallest absolute Gasteiger partial charge is 0.249 e. The van der Waals surface area contributed by atoms with Crippen LogP contribution >= 0.6 is 15.9 Å². The van der Waals surface area contributed by atoms with E-state index in [2.05, 4.69) is 42.0 Å². The van der Waals surface area contributed by atoms with Gasteiger partial charge in [-0.1, -0.05) is 36.7 Å². The lowest BCUT2D eigenvalue weighted by Gasteiger charge is -2.31. The minimum Gasteiger partial charge on any atom is -0.368 e. The molecule has 1 rings (SSSR count). The zero-order valence-corrected chi connectivity index (χ0v) is 12.0. The van der Waals surface area contributed by atoms with Crippen molar-refractivity contribution in [2.75, 3.05) is 11.9 Å². The number of rotatable bonds is 4. The van der Waals surface area contributed by atoms with Crippen LogP contribution in [0.3, 0.4) is 0 Å². The molecular formula is C12H22BrNO2. The van der Waals surface area contributed by atoms with Crippen molar-refractivity contribution in [3.63, 3.8) is 0 Å². The maximum Gasteiger partial charge on any atom is 0.249 e. The van der Waals surface area contributed by atoms with Crippen LogP contribution in [-0.2, 0) is 9.53 Å². The van der Waals surface area contributed by atoms with E-state index in [9.17, 15) is 4.79 Å². The molecular weight excluding hydrogens is 270 g/mol. The molecule has 0 bridgehead atoms. The van der Waals surface area contributed by atoms with Gasteiger partial charge in [0.25, 0.3) is 0 Å². The van der Waals surface area contributed by atoms with Crippen molar-refractivity contribution in [2.24, 2.45) is 5.41 Å². The van der Waals surface area contributed by atoms with Gasteiger partial charge in [-0.25, -0.2) is 0 Å². The largest absolute Gasteiger partial charge is 0.368 e. The van der Waals surface area contributed by atoms with Gasteiger partial charge in [0.05, 0.1) is 0 Å². The van der Waals surface area contributed by atoms with Crippen molar-refractivity contribution in [1.29, 1.82) is 0 Å². The van der Waals surface area contributed by atoms with Gasteiger partial charge in [-0.05, 0) is 24.7 Å². The summed E-state index contributed by atoms with van der Waals surface area (Å²) in [6.45, 7) is 7.17. The maximum atomic E-state index is 11.9. The summed E-state index contributed by atoms with van der Waals surface area (Å²) in [7, 11) is 0. The van der Waals surface area contributed by atoms with E-state index in [0.717, 1.165) is 31.2 Å². The molecule has 0 saturated carbocycles. The van der Waals surface area contributed by atoms with Crippen LogP contribution in [0.15, 0.2) is 0 Å². The summed E-state index contributed by atoms with van der Waals surface area (Å²) < 4.78 is 5.38. The van der Waals surface area contributed by atoms with Gasteiger partial charge in [0.2, 0.25) is 5.91 Å². The Labute approximate surface area is 106 Å². The number of carbonyl (C=O) groups excluding carboxylic acids is 1. The summed E-state index contributed by atoms with van der Waals surface area (Å²) in [6, 6.07) is 0.198. The predicted molar refractivity (Wildman–Crippen MR) is 68.8 cm³/mol. The second-order valence-electron chi connectivity index (χ2n) is 5.41. The van der Waals surface area contributed by atoms with Crippen LogP contribution < -0.4 is 5.32 Å². The molecule has 1 saturated heterocycles. The lowest BCUT2D eigenvalue weighted by Crippen LogP contribution is -2.47. The quantitative estimate of drug-likeness (QED) is 0.808. The van der Waals surface area contributed by atoms with E-state index in [1.165, 1.54) is 0 Å². The van der Waals surface area contributed by atoms with E-state index < -0.39 is 0 Å². The van der Waals surface area contributed by atoms with E-state index in [4.69, 9.17) is 4.74 Å². The standard InChI is InChI=1S/C12H22BrNO2/c1-12(2,3)10(6-7-13)14-11(15)9-5-4-8-16-9/h9-10H,4-8H2,1-3H3,(H,14,15). The van der Waals surface area contributed by atoms with Crippen LogP contribution in [0.1, 0.15) is 40.0 Å². The number of ether oxygens (including phenoxy) is 1. The fourth-order valence-corrected chi connectivity index (χ4v) is 2.34. The molecule has 94 valence electrons. The zero-order valence-electron chi connectivity index (χ0n) is 10.4. The van der Waals surface area contributed by atoms with Crippen molar-refractivity contribution in [2.45, 2.75) is 52.2 Å². The van der Waals surface area contributed by atoms with Crippen molar-refractivity contribution >= 4 is 21.8 Å². The Bertz CT molecular complexity index is 232. The highest BCUT2D eigenvalue weighted by Gasteiger charge is 2.30. The van der Waals surface area contributed by atoms with E-state index in [1.807, 2.05) is 0 Å². The molecule has 1 aliphatic rings. The maximum absolute atomic E-state index is 11.9. The molecule has 0 aromatic heterocycles. The number of alkyl halides is 1. The average Bonchev–Trinajstić information content (AvgIpc) is 2.68. The second kappa shape index (κ2) is 6.01. The third-order valence-corrected chi connectivity index (χ3v) is 3.44. The molecule has 16 heavy (non-hydrogen) atoms. The van der Waals surface area contributed by atoms with Gasteiger partial charge < -0.3 is 10.1 Å². The number of hydrogen-bond acceptors (Lipinski definition) is 2. The lowest BCUT2D eigenvalue weighted by atomic mass is 9.85. The number of amides is 1. The van der Waals surface area contributed by atoms with Crippen molar-refractivity contribution in [1.82, 2.24) is 5.32 Å². The molecule has 0 radical (unpaired) electrons. The van der Waals surface area contributed by atoms with Crippen molar-refractivity contribution in [3.05, 3.63) is 0 Å². The Morgan fingerprint density at radius 1 is 1.56 bits per heavy atom. The molecule has 2 unspecified atom stereocenters. The highest BCUT2D eigenvalue weighted by atomic mass is 79.9. The van der Waals surface area contributed by atoms with E-state index in [0.29, 0.717) is 0 Å². The van der Waals surface area contributed by atoms with Crippen LogP contribution in [0, 0.1) is 5.41 Å². The molecule has 4 heteroatoms. The summed E-state index contributed by atoms with van der Waals surface area (Å²) >= 11 is 3.43. The minimum absolute atomic E-state index is 0.0541. The first-order valence-electron chi connectivity index (χ1n) is 5.93. The number of halogens is 1. The Hall–Kier alpha value is -0.0900. The van der Waals surface area contributed by atoms with Gasteiger partial charge in [0, 0.05) is 18.0 Å². The number of carbonyl (C=O) groups is 1. The Balaban J connectivity index is 2.50. The first kappa shape index (κ1) is 14.0. The molecule has 1 N–H and O–H groups in total. The molecule has 3 nitrogen and oxygen atoms in total. The molecule has 0 aromatic carbocycles. The van der Waals surface area contributed by atoms with E-state index >= 15 is 0 Å². The Morgan fingerprint density at radius 3 is 2.69 bits per heavy atom. The molecule has 1 amide bonds. The molecule has 0 aliphatic carbocycles. The normalized spacial score (nSPS) is 23.1. The fraction of sp³-hybridized carbons (Fsp3) is 0.917. The van der Waals surface area contributed by atoms with Crippen molar-refractivity contribution < 1.29 is 9.53 Å². The fourth-order valence-electron chi connectivity index (χ4n) is 1.88. The van der Waals surface area contributed by atoms with Crippen LogP contribution in [-0.4, -0.2) is 30.0 Å². The van der Waals surface area contributed by atoms with E-state index in [1.54, 1.807) is 0 Å². The molecule has 1 fully saturated rings. The predicted octanol–water partition coefficient (Wildman–Crippen LogP) is 2.48. The summed E-state index contributed by atoms with van der Waals surface area (Å²) in [5.41, 5.74) is 0.0854. The highest BCUT2D eigenvalue weighted by Crippen LogP contribution is 2.23. The number of hydrogen-bond donors (Lipinski definition) is 1. The monoisotopic (exact) mass is 291 g/mol. The summed E-state index contributed by atoms with van der Waals surface area (Å²) in [6.07, 6.45) is 2.58. The molecule has 0 aromatic rings. The average molecular weight is 292 g/mol. The Morgan fingerprint density at radius 2 is 2.25 bits per heavy atom. The molecule has 0 spiro atoms. The van der Waals surface area contributed by atoms with Crippen LogP contribution in [0.2, 0.25) is 0 Å². The minimum atomic E-state index is -0.222. The SMILES string of the molecule is CC(C)(C)C(CCBr)NC(=O)C1CCCO1. The summed E-state index contributed by atoms with van der Waals surface area (Å²) in [5, 5.41) is 4.01. The lowest BCUT2D eigenvalue weighted by molar-refractivity contribution is -0.131. The number of nitrogens with one attached hydrogen (secondary N) is 1. The van der Waals surface area contributed by atoms with Gasteiger partial charge in [-0.3, -0.25) is 4.79 Å². The van der Waals surface area contributed by atoms with Crippen molar-refractivity contribution in [3.8, 4) is 0 Å². The van der Waals surface area contributed by atoms with Crippen LogP contribution in [0.5, 0.6) is 0 Å². The van der Waals surface area contributed by atoms with Gasteiger partial charge in [0.1, 0.15) is 6.10 Å². The third-order valence-electron chi connectivity index (χ3n) is 2.98. The zero-order chi connectivity index (χ0) is 12.2. The molecule has 1 aliphatic heterocycles. The first-order chi connectivity index (χ1) is 7.45. The van der Waals surface area contributed by atoms with Gasteiger partial charge >= 0.3 is 0 Å². The Kier molecular flexibility index (Phi) is 5.25. The molecule has 1 heterocycles. The van der Waals surface area contributed by atoms with Crippen LogP contribution in [0.25, 0.3) is 0 Å². The second-order valence-corrected chi connectivity index (χ2v) is 6.20. The van der Waals surface area contributed by atoms with Gasteiger partial charge in [-0.2, -0.15) is 0 Å². The topological polar surface area (TPSA) is 38.3 Å². The van der Waals surface area contributed by atoms with E-state index in [-0.39, 0.29) is 23.5 Å².